The first kappa shape index (κ1) is 13.6. The van der Waals surface area contributed by atoms with Crippen molar-refractivity contribution in [3.05, 3.63) is 35.6 Å². The number of amides is 1. The minimum Gasteiger partial charge on any atom is -0.348 e. The van der Waals surface area contributed by atoms with Crippen LogP contribution in [0.25, 0.3) is 0 Å². The van der Waals surface area contributed by atoms with Gasteiger partial charge >= 0.3 is 0 Å². The Morgan fingerprint density at radius 3 is 2.53 bits per heavy atom. The van der Waals surface area contributed by atoms with E-state index in [2.05, 4.69) is 5.32 Å². The van der Waals surface area contributed by atoms with E-state index in [4.69, 9.17) is 5.73 Å². The molecule has 17 heavy (non-hydrogen) atoms. The lowest BCUT2D eigenvalue weighted by Gasteiger charge is -2.17. The van der Waals surface area contributed by atoms with Gasteiger partial charge < -0.3 is 11.1 Å². The third kappa shape index (κ3) is 4.15. The number of nitrogens with two attached hydrogens (primary N) is 1. The molecule has 3 N–H and O–H groups in total. The van der Waals surface area contributed by atoms with E-state index in [-0.39, 0.29) is 17.8 Å². The molecule has 1 rings (SSSR count). The fraction of sp³-hybridized carbons (Fsp3) is 0.462. The van der Waals surface area contributed by atoms with Gasteiger partial charge in [-0.2, -0.15) is 0 Å². The Hall–Kier alpha value is -1.42. The van der Waals surface area contributed by atoms with Crippen LogP contribution in [0.4, 0.5) is 4.39 Å². The maximum absolute atomic E-state index is 12.7. The lowest BCUT2D eigenvalue weighted by Crippen LogP contribution is -2.41. The molecule has 0 fully saturated rings. The van der Waals surface area contributed by atoms with E-state index < -0.39 is 6.04 Å². The molecule has 1 aromatic rings. The minimum absolute atomic E-state index is 0.161. The predicted molar refractivity (Wildman–Crippen MR) is 65.8 cm³/mol. The fourth-order valence-corrected chi connectivity index (χ4v) is 1.60. The molecule has 0 heterocycles. The maximum Gasteiger partial charge on any atom is 0.237 e. The van der Waals surface area contributed by atoms with Crippen molar-refractivity contribution < 1.29 is 9.18 Å². The quantitative estimate of drug-likeness (QED) is 0.825. The van der Waals surface area contributed by atoms with Gasteiger partial charge in [0.2, 0.25) is 5.91 Å². The first-order chi connectivity index (χ1) is 8.04. The van der Waals surface area contributed by atoms with Crippen LogP contribution in [0.3, 0.4) is 0 Å². The van der Waals surface area contributed by atoms with Gasteiger partial charge in [0.25, 0.3) is 0 Å². The second-order valence-electron chi connectivity index (χ2n) is 4.18. The Morgan fingerprint density at radius 1 is 1.41 bits per heavy atom. The van der Waals surface area contributed by atoms with Crippen LogP contribution >= 0.6 is 0 Å². The topological polar surface area (TPSA) is 55.1 Å². The normalized spacial score (nSPS) is 14.1. The number of carbonyl (C=O) groups excluding carboxylic acids is 1. The van der Waals surface area contributed by atoms with E-state index in [1.165, 1.54) is 12.1 Å². The van der Waals surface area contributed by atoms with Crippen LogP contribution in [0.5, 0.6) is 0 Å². The summed E-state index contributed by atoms with van der Waals surface area (Å²) in [6.45, 7) is 3.83. The van der Waals surface area contributed by atoms with Gasteiger partial charge in [0.15, 0.2) is 0 Å². The number of hydrogen-bond donors (Lipinski definition) is 2. The number of nitrogens with one attached hydrogen (secondary N) is 1. The van der Waals surface area contributed by atoms with E-state index >= 15 is 0 Å². The van der Waals surface area contributed by atoms with E-state index in [0.717, 1.165) is 12.0 Å². The van der Waals surface area contributed by atoms with Gasteiger partial charge in [0.1, 0.15) is 5.82 Å². The molecule has 4 heteroatoms. The highest BCUT2D eigenvalue weighted by Gasteiger charge is 2.15. The SMILES string of the molecule is CCC[C@H](N)C(=O)N[C@H](C)c1ccc(F)cc1. The van der Waals surface area contributed by atoms with Crippen LogP contribution in [-0.2, 0) is 4.79 Å². The van der Waals surface area contributed by atoms with Crippen molar-refractivity contribution in [1.82, 2.24) is 5.32 Å². The summed E-state index contributed by atoms with van der Waals surface area (Å²) in [4.78, 5) is 11.7. The average Bonchev–Trinajstić information content (AvgIpc) is 2.30. The van der Waals surface area contributed by atoms with Crippen molar-refractivity contribution in [3.8, 4) is 0 Å². The van der Waals surface area contributed by atoms with Crippen molar-refractivity contribution in [3.63, 3.8) is 0 Å². The average molecular weight is 238 g/mol. The molecule has 0 spiro atoms. The molecule has 0 aliphatic carbocycles. The Balaban J connectivity index is 2.57. The zero-order valence-electron chi connectivity index (χ0n) is 10.2. The minimum atomic E-state index is -0.470. The molecule has 2 atom stereocenters. The van der Waals surface area contributed by atoms with Crippen molar-refractivity contribution in [1.29, 1.82) is 0 Å². The number of hydrogen-bond acceptors (Lipinski definition) is 2. The molecule has 1 aromatic carbocycles. The summed E-state index contributed by atoms with van der Waals surface area (Å²) in [6.07, 6.45) is 1.54. The van der Waals surface area contributed by atoms with Gasteiger partial charge in [0, 0.05) is 0 Å². The third-order valence-electron chi connectivity index (χ3n) is 2.67. The molecule has 3 nitrogen and oxygen atoms in total. The lowest BCUT2D eigenvalue weighted by atomic mass is 10.1. The van der Waals surface area contributed by atoms with Gasteiger partial charge in [-0.15, -0.1) is 0 Å². The summed E-state index contributed by atoms with van der Waals surface area (Å²) in [5.74, 6) is -0.446. The lowest BCUT2D eigenvalue weighted by molar-refractivity contribution is -0.123. The van der Waals surface area contributed by atoms with Crippen molar-refractivity contribution >= 4 is 5.91 Å². The van der Waals surface area contributed by atoms with Crippen LogP contribution < -0.4 is 11.1 Å². The van der Waals surface area contributed by atoms with E-state index in [1.54, 1.807) is 12.1 Å². The Bertz CT molecular complexity index is 364. The van der Waals surface area contributed by atoms with Crippen LogP contribution in [0, 0.1) is 5.82 Å². The fourth-order valence-electron chi connectivity index (χ4n) is 1.60. The highest BCUT2D eigenvalue weighted by Crippen LogP contribution is 2.13. The molecule has 0 aliphatic heterocycles. The smallest absolute Gasteiger partial charge is 0.237 e. The first-order valence-electron chi connectivity index (χ1n) is 5.86. The van der Waals surface area contributed by atoms with Gasteiger partial charge in [-0.05, 0) is 31.0 Å². The van der Waals surface area contributed by atoms with Crippen LogP contribution in [0.15, 0.2) is 24.3 Å². The highest BCUT2D eigenvalue weighted by molar-refractivity contribution is 5.81. The second kappa shape index (κ2) is 6.35. The van der Waals surface area contributed by atoms with E-state index in [0.29, 0.717) is 6.42 Å². The molecule has 0 bridgehead atoms. The van der Waals surface area contributed by atoms with E-state index in [1.807, 2.05) is 13.8 Å². The largest absolute Gasteiger partial charge is 0.348 e. The predicted octanol–water partition coefficient (Wildman–Crippen LogP) is 2.13. The zero-order chi connectivity index (χ0) is 12.8. The number of carbonyl (C=O) groups is 1. The Morgan fingerprint density at radius 2 is 2.00 bits per heavy atom. The molecular formula is C13H19FN2O. The molecule has 0 radical (unpaired) electrons. The molecule has 0 saturated carbocycles. The standard InChI is InChI=1S/C13H19FN2O/c1-3-4-12(15)13(17)16-9(2)10-5-7-11(14)8-6-10/h5-9,12H,3-4,15H2,1-2H3,(H,16,17)/t9-,12+/m1/s1. The number of benzene rings is 1. The maximum atomic E-state index is 12.7. The van der Waals surface area contributed by atoms with Gasteiger partial charge in [-0.3, -0.25) is 4.79 Å². The van der Waals surface area contributed by atoms with Gasteiger partial charge in [-0.25, -0.2) is 4.39 Å². The van der Waals surface area contributed by atoms with Gasteiger partial charge in [0.05, 0.1) is 12.1 Å². The Labute approximate surface area is 101 Å². The summed E-state index contributed by atoms with van der Waals surface area (Å²) in [5.41, 5.74) is 6.57. The summed E-state index contributed by atoms with van der Waals surface area (Å²) < 4.78 is 12.7. The highest BCUT2D eigenvalue weighted by atomic mass is 19.1. The first-order valence-corrected chi connectivity index (χ1v) is 5.86. The Kier molecular flexibility index (Phi) is 5.10. The summed E-state index contributed by atoms with van der Waals surface area (Å²) in [7, 11) is 0. The third-order valence-corrected chi connectivity index (χ3v) is 2.67. The van der Waals surface area contributed by atoms with Gasteiger partial charge in [-0.1, -0.05) is 25.5 Å². The van der Waals surface area contributed by atoms with Crippen molar-refractivity contribution in [2.45, 2.75) is 38.8 Å². The van der Waals surface area contributed by atoms with Crippen LogP contribution in [0.2, 0.25) is 0 Å². The molecule has 0 unspecified atom stereocenters. The number of rotatable bonds is 5. The van der Waals surface area contributed by atoms with Crippen LogP contribution in [0.1, 0.15) is 38.3 Å². The number of halogens is 1. The summed E-state index contributed by atoms with van der Waals surface area (Å²) >= 11 is 0. The molecule has 0 aromatic heterocycles. The molecule has 94 valence electrons. The molecule has 0 aliphatic rings. The zero-order valence-corrected chi connectivity index (χ0v) is 10.2. The molecule has 0 saturated heterocycles. The monoisotopic (exact) mass is 238 g/mol. The van der Waals surface area contributed by atoms with Crippen molar-refractivity contribution in [2.24, 2.45) is 5.73 Å². The van der Waals surface area contributed by atoms with Crippen molar-refractivity contribution in [2.75, 3.05) is 0 Å². The second-order valence-corrected chi connectivity index (χ2v) is 4.18. The van der Waals surface area contributed by atoms with Crippen LogP contribution in [-0.4, -0.2) is 11.9 Å². The molecule has 1 amide bonds. The summed E-state index contributed by atoms with van der Waals surface area (Å²) in [6, 6.07) is 5.44. The van der Waals surface area contributed by atoms with E-state index in [9.17, 15) is 9.18 Å². The summed E-state index contributed by atoms with van der Waals surface area (Å²) in [5, 5.41) is 2.81. The molecular weight excluding hydrogens is 219 g/mol.